The summed E-state index contributed by atoms with van der Waals surface area (Å²) in [5, 5.41) is 22.7. The number of carbonyl (C=O) groups excluding carboxylic acids is 1. The Balaban J connectivity index is 3.66. The van der Waals surface area contributed by atoms with Crippen molar-refractivity contribution in [3.63, 3.8) is 0 Å². The molecule has 36 heavy (non-hydrogen) atoms. The molecule has 214 valence electrons. The van der Waals surface area contributed by atoms with Crippen LogP contribution in [0.4, 0.5) is 0 Å². The van der Waals surface area contributed by atoms with Crippen LogP contribution in [0.3, 0.4) is 0 Å². The van der Waals surface area contributed by atoms with Crippen LogP contribution in [0.5, 0.6) is 0 Å². The van der Waals surface area contributed by atoms with Crippen LogP contribution in [0.1, 0.15) is 168 Å². The molecule has 0 aromatic heterocycles. The lowest BCUT2D eigenvalue weighted by atomic mass is 10.0. The third-order valence-corrected chi connectivity index (χ3v) is 7.27. The first-order chi connectivity index (χ1) is 17.7. The molecule has 0 aromatic rings. The summed E-state index contributed by atoms with van der Waals surface area (Å²) in [6.07, 6.45) is 32.8. The van der Waals surface area contributed by atoms with Crippen molar-refractivity contribution in [3.8, 4) is 0 Å². The standard InChI is InChI=1S/C32H63NO3/c1-3-5-7-9-11-13-15-17-19-21-23-25-27-31(35)30(29-34)33-32(36)28-26-24-22-20-18-16-14-12-10-8-6-4-2/h25,27,30-31,34-35H,3-24,26,28-29H2,1-2H3,(H,33,36)/b27-25+. The van der Waals surface area contributed by atoms with Crippen LogP contribution < -0.4 is 5.32 Å². The monoisotopic (exact) mass is 509 g/mol. The van der Waals surface area contributed by atoms with E-state index < -0.39 is 12.1 Å². The molecule has 0 aromatic carbocycles. The van der Waals surface area contributed by atoms with E-state index >= 15 is 0 Å². The van der Waals surface area contributed by atoms with Gasteiger partial charge in [0.2, 0.25) is 5.91 Å². The smallest absolute Gasteiger partial charge is 0.220 e. The Kier molecular flexibility index (Phi) is 28.0. The van der Waals surface area contributed by atoms with E-state index in [1.165, 1.54) is 122 Å². The fraction of sp³-hybridized carbons (Fsp3) is 0.906. The molecular formula is C32H63NO3. The second-order valence-corrected chi connectivity index (χ2v) is 10.9. The fourth-order valence-corrected chi connectivity index (χ4v) is 4.76. The second kappa shape index (κ2) is 28.7. The topological polar surface area (TPSA) is 69.6 Å². The van der Waals surface area contributed by atoms with Crippen molar-refractivity contribution in [2.45, 2.75) is 180 Å². The lowest BCUT2D eigenvalue weighted by Crippen LogP contribution is -2.45. The SMILES string of the molecule is CCCCCCCCCCCC/C=C/C(O)C(CO)NC(=O)CCCCCCCCCCCCCC. The van der Waals surface area contributed by atoms with Gasteiger partial charge in [0.05, 0.1) is 18.8 Å². The molecule has 2 unspecified atom stereocenters. The lowest BCUT2D eigenvalue weighted by Gasteiger charge is -2.20. The Hall–Kier alpha value is -0.870. The first kappa shape index (κ1) is 35.1. The van der Waals surface area contributed by atoms with Crippen LogP contribution in [0.2, 0.25) is 0 Å². The van der Waals surface area contributed by atoms with Gasteiger partial charge < -0.3 is 15.5 Å². The molecule has 0 saturated carbocycles. The van der Waals surface area contributed by atoms with E-state index in [9.17, 15) is 15.0 Å². The van der Waals surface area contributed by atoms with Crippen molar-refractivity contribution in [1.29, 1.82) is 0 Å². The number of hydrogen-bond donors (Lipinski definition) is 3. The second-order valence-electron chi connectivity index (χ2n) is 10.9. The molecule has 4 nitrogen and oxygen atoms in total. The third-order valence-electron chi connectivity index (χ3n) is 7.27. The van der Waals surface area contributed by atoms with E-state index in [-0.39, 0.29) is 12.5 Å². The molecule has 4 heteroatoms. The van der Waals surface area contributed by atoms with Gasteiger partial charge in [0.25, 0.3) is 0 Å². The van der Waals surface area contributed by atoms with Crippen LogP contribution in [0.25, 0.3) is 0 Å². The van der Waals surface area contributed by atoms with Crippen molar-refractivity contribution in [3.05, 3.63) is 12.2 Å². The van der Waals surface area contributed by atoms with Crippen LogP contribution in [0.15, 0.2) is 12.2 Å². The summed E-state index contributed by atoms with van der Waals surface area (Å²) in [7, 11) is 0. The van der Waals surface area contributed by atoms with Crippen LogP contribution in [-0.4, -0.2) is 34.9 Å². The van der Waals surface area contributed by atoms with E-state index in [0.29, 0.717) is 6.42 Å². The van der Waals surface area contributed by atoms with Crippen molar-refractivity contribution in [1.82, 2.24) is 5.32 Å². The molecule has 1 amide bonds. The molecule has 0 spiro atoms. The molecule has 3 N–H and O–H groups in total. The zero-order chi connectivity index (χ0) is 26.5. The minimum atomic E-state index is -0.830. The van der Waals surface area contributed by atoms with E-state index in [1.54, 1.807) is 6.08 Å². The van der Waals surface area contributed by atoms with Crippen LogP contribution in [-0.2, 0) is 4.79 Å². The normalized spacial score (nSPS) is 13.3. The van der Waals surface area contributed by atoms with Crippen molar-refractivity contribution in [2.75, 3.05) is 6.61 Å². The first-order valence-electron chi connectivity index (χ1n) is 15.9. The molecule has 0 aliphatic carbocycles. The largest absolute Gasteiger partial charge is 0.394 e. The molecule has 0 saturated heterocycles. The van der Waals surface area contributed by atoms with Gasteiger partial charge in [0.1, 0.15) is 0 Å². The van der Waals surface area contributed by atoms with E-state index in [1.807, 2.05) is 6.08 Å². The number of aliphatic hydroxyl groups excluding tert-OH is 2. The van der Waals surface area contributed by atoms with Gasteiger partial charge >= 0.3 is 0 Å². The highest BCUT2D eigenvalue weighted by Crippen LogP contribution is 2.13. The third kappa shape index (κ3) is 24.8. The molecule has 0 aliphatic heterocycles. The van der Waals surface area contributed by atoms with Gasteiger partial charge in [-0.25, -0.2) is 0 Å². The van der Waals surface area contributed by atoms with Gasteiger partial charge in [0.15, 0.2) is 0 Å². The number of allylic oxidation sites excluding steroid dienone is 1. The van der Waals surface area contributed by atoms with Crippen LogP contribution in [0, 0.1) is 0 Å². The Bertz CT molecular complexity index is 480. The van der Waals surface area contributed by atoms with Crippen molar-refractivity contribution >= 4 is 5.91 Å². The zero-order valence-corrected chi connectivity index (χ0v) is 24.3. The predicted molar refractivity (Wildman–Crippen MR) is 156 cm³/mol. The molecule has 0 aliphatic rings. The highest BCUT2D eigenvalue weighted by molar-refractivity contribution is 5.76. The minimum absolute atomic E-state index is 0.0664. The van der Waals surface area contributed by atoms with Crippen molar-refractivity contribution < 1.29 is 15.0 Å². The number of amides is 1. The maximum absolute atomic E-state index is 12.2. The van der Waals surface area contributed by atoms with Gasteiger partial charge in [-0.05, 0) is 19.3 Å². The molecule has 0 radical (unpaired) electrons. The summed E-state index contributed by atoms with van der Waals surface area (Å²) >= 11 is 0. The maximum Gasteiger partial charge on any atom is 0.220 e. The zero-order valence-electron chi connectivity index (χ0n) is 24.3. The summed E-state index contributed by atoms with van der Waals surface area (Å²) in [4.78, 5) is 12.2. The Labute approximate surface area is 225 Å². The van der Waals surface area contributed by atoms with E-state index in [0.717, 1.165) is 25.7 Å². The van der Waals surface area contributed by atoms with Crippen molar-refractivity contribution in [2.24, 2.45) is 0 Å². The molecule has 0 bridgehead atoms. The minimum Gasteiger partial charge on any atom is -0.394 e. The number of aliphatic hydroxyl groups is 2. The Morgan fingerprint density at radius 2 is 1.03 bits per heavy atom. The van der Waals surface area contributed by atoms with Gasteiger partial charge in [-0.15, -0.1) is 0 Å². The van der Waals surface area contributed by atoms with Gasteiger partial charge in [-0.2, -0.15) is 0 Å². The Morgan fingerprint density at radius 3 is 1.44 bits per heavy atom. The quantitative estimate of drug-likeness (QED) is 0.0729. The van der Waals surface area contributed by atoms with Gasteiger partial charge in [-0.3, -0.25) is 4.79 Å². The molecule has 0 rings (SSSR count). The summed E-state index contributed by atoms with van der Waals surface area (Å²) in [6, 6.07) is -0.612. The molecule has 0 fully saturated rings. The average Bonchev–Trinajstić information content (AvgIpc) is 2.88. The number of rotatable bonds is 28. The first-order valence-corrected chi connectivity index (χ1v) is 15.9. The Morgan fingerprint density at radius 1 is 0.639 bits per heavy atom. The highest BCUT2D eigenvalue weighted by Gasteiger charge is 2.17. The van der Waals surface area contributed by atoms with E-state index in [2.05, 4.69) is 19.2 Å². The summed E-state index contributed by atoms with van der Waals surface area (Å²) < 4.78 is 0. The van der Waals surface area contributed by atoms with Gasteiger partial charge in [0, 0.05) is 6.42 Å². The van der Waals surface area contributed by atoms with Crippen LogP contribution >= 0.6 is 0 Å². The average molecular weight is 510 g/mol. The lowest BCUT2D eigenvalue weighted by molar-refractivity contribution is -0.123. The van der Waals surface area contributed by atoms with Gasteiger partial charge in [-0.1, -0.05) is 154 Å². The number of unbranched alkanes of at least 4 members (excludes halogenated alkanes) is 21. The number of carbonyl (C=O) groups is 1. The highest BCUT2D eigenvalue weighted by atomic mass is 16.3. The summed E-state index contributed by atoms with van der Waals surface area (Å²) in [6.45, 7) is 4.28. The summed E-state index contributed by atoms with van der Waals surface area (Å²) in [5.41, 5.74) is 0. The number of nitrogens with one attached hydrogen (secondary N) is 1. The molecule has 0 heterocycles. The maximum atomic E-state index is 12.2. The molecular weight excluding hydrogens is 446 g/mol. The fourth-order valence-electron chi connectivity index (χ4n) is 4.76. The summed E-state index contributed by atoms with van der Waals surface area (Å²) in [5.74, 6) is -0.0664. The molecule has 2 atom stereocenters. The van der Waals surface area contributed by atoms with E-state index in [4.69, 9.17) is 0 Å². The predicted octanol–water partition coefficient (Wildman–Crippen LogP) is 8.78. The number of hydrogen-bond acceptors (Lipinski definition) is 3.